The van der Waals surface area contributed by atoms with E-state index in [2.05, 4.69) is 10.2 Å². The fraction of sp³-hybridized carbons (Fsp3) is 0.375. The van der Waals surface area contributed by atoms with Crippen molar-refractivity contribution >= 4 is 22.9 Å². The molecule has 1 N–H and O–H groups in total. The first kappa shape index (κ1) is 17.7. The highest BCUT2D eigenvalue weighted by molar-refractivity contribution is 7.16. The molecule has 1 aromatic heterocycles. The zero-order valence-corrected chi connectivity index (χ0v) is 14.1. The van der Waals surface area contributed by atoms with Crippen LogP contribution in [0.15, 0.2) is 30.3 Å². The number of hydrogen-bond donors (Lipinski definition) is 1. The van der Waals surface area contributed by atoms with E-state index in [-0.39, 0.29) is 6.04 Å². The minimum atomic E-state index is -4.70. The lowest BCUT2D eigenvalue weighted by molar-refractivity contribution is -0.140. The van der Waals surface area contributed by atoms with Crippen LogP contribution in [-0.4, -0.2) is 31.1 Å². The number of nitrogens with one attached hydrogen (secondary N) is 1. The van der Waals surface area contributed by atoms with Crippen LogP contribution < -0.4 is 5.32 Å². The molecule has 130 valence electrons. The Hall–Kier alpha value is -1.15. The number of rotatable bonds is 3. The van der Waals surface area contributed by atoms with Gasteiger partial charge in [-0.15, -0.1) is 11.3 Å². The molecule has 0 bridgehead atoms. The molecule has 3 rings (SSSR count). The van der Waals surface area contributed by atoms with Crippen molar-refractivity contribution in [2.24, 2.45) is 0 Å². The van der Waals surface area contributed by atoms with Gasteiger partial charge in [0.25, 0.3) is 0 Å². The average Bonchev–Trinajstić information content (AvgIpc) is 2.93. The maximum Gasteiger partial charge on any atom is 0.419 e. The number of thiophene rings is 1. The minimum absolute atomic E-state index is 0.304. The predicted octanol–water partition coefficient (Wildman–Crippen LogP) is 4.55. The fourth-order valence-electron chi connectivity index (χ4n) is 2.90. The lowest BCUT2D eigenvalue weighted by Gasteiger charge is -2.35. The molecule has 1 aliphatic rings. The topological polar surface area (TPSA) is 15.3 Å². The van der Waals surface area contributed by atoms with Gasteiger partial charge in [-0.05, 0) is 29.8 Å². The predicted molar refractivity (Wildman–Crippen MR) is 87.0 cm³/mol. The summed E-state index contributed by atoms with van der Waals surface area (Å²) in [5, 5.41) is 3.23. The van der Waals surface area contributed by atoms with Crippen molar-refractivity contribution in [1.29, 1.82) is 0 Å². The van der Waals surface area contributed by atoms with E-state index < -0.39 is 17.6 Å². The Balaban J connectivity index is 2.00. The van der Waals surface area contributed by atoms with Gasteiger partial charge in [0.15, 0.2) is 0 Å². The van der Waals surface area contributed by atoms with Crippen molar-refractivity contribution < 1.29 is 17.6 Å². The Morgan fingerprint density at radius 1 is 1.12 bits per heavy atom. The zero-order chi connectivity index (χ0) is 17.3. The molecule has 1 saturated heterocycles. The molecule has 1 atom stereocenters. The van der Waals surface area contributed by atoms with Gasteiger partial charge < -0.3 is 5.32 Å². The molecule has 1 fully saturated rings. The van der Waals surface area contributed by atoms with Gasteiger partial charge in [0.05, 0.1) is 15.9 Å². The molecule has 1 aliphatic heterocycles. The molecule has 0 amide bonds. The van der Waals surface area contributed by atoms with Gasteiger partial charge >= 0.3 is 6.18 Å². The molecule has 0 saturated carbocycles. The second kappa shape index (κ2) is 7.00. The first-order valence-corrected chi connectivity index (χ1v) is 8.62. The van der Waals surface area contributed by atoms with Crippen LogP contribution in [0, 0.1) is 5.82 Å². The van der Waals surface area contributed by atoms with Gasteiger partial charge in [-0.25, -0.2) is 4.39 Å². The summed E-state index contributed by atoms with van der Waals surface area (Å²) in [7, 11) is 0. The van der Waals surface area contributed by atoms with E-state index >= 15 is 0 Å². The summed E-state index contributed by atoms with van der Waals surface area (Å²) in [4.78, 5) is 3.02. The van der Waals surface area contributed by atoms with E-state index in [4.69, 9.17) is 11.6 Å². The molecular weight excluding hydrogens is 364 g/mol. The van der Waals surface area contributed by atoms with Crippen molar-refractivity contribution in [3.8, 4) is 0 Å². The first-order valence-electron chi connectivity index (χ1n) is 7.43. The molecule has 0 unspecified atom stereocenters. The van der Waals surface area contributed by atoms with E-state index in [1.807, 2.05) is 6.07 Å². The summed E-state index contributed by atoms with van der Waals surface area (Å²) >= 11 is 7.37. The van der Waals surface area contributed by atoms with Gasteiger partial charge in [-0.2, -0.15) is 13.2 Å². The van der Waals surface area contributed by atoms with Crippen molar-refractivity contribution in [1.82, 2.24) is 10.2 Å². The molecular formula is C16H15ClF4N2S. The van der Waals surface area contributed by atoms with E-state index in [0.29, 0.717) is 9.90 Å². The van der Waals surface area contributed by atoms with Crippen molar-refractivity contribution in [2.45, 2.75) is 12.2 Å². The normalized spacial score (nSPS) is 17.9. The van der Waals surface area contributed by atoms with E-state index in [1.54, 1.807) is 6.07 Å². The van der Waals surface area contributed by atoms with E-state index in [0.717, 1.165) is 43.2 Å². The van der Waals surface area contributed by atoms with Gasteiger partial charge in [0, 0.05) is 31.1 Å². The fourth-order valence-corrected chi connectivity index (χ4v) is 4.13. The molecule has 24 heavy (non-hydrogen) atoms. The molecule has 0 spiro atoms. The van der Waals surface area contributed by atoms with Crippen molar-refractivity contribution in [3.63, 3.8) is 0 Å². The van der Waals surface area contributed by atoms with Crippen LogP contribution in [0.1, 0.15) is 22.0 Å². The average molecular weight is 379 g/mol. The van der Waals surface area contributed by atoms with Gasteiger partial charge in [-0.1, -0.05) is 17.7 Å². The third kappa shape index (κ3) is 3.74. The maximum atomic E-state index is 14.0. The smallest absolute Gasteiger partial charge is 0.314 e. The lowest BCUT2D eigenvalue weighted by atomic mass is 10.0. The molecule has 0 radical (unpaired) electrons. The summed E-state index contributed by atoms with van der Waals surface area (Å²) in [5.74, 6) is -1.25. The second-order valence-corrected chi connectivity index (χ2v) is 7.31. The first-order chi connectivity index (χ1) is 11.4. The summed E-state index contributed by atoms with van der Waals surface area (Å²) < 4.78 is 53.0. The van der Waals surface area contributed by atoms with Crippen LogP contribution in [-0.2, 0) is 6.18 Å². The Bertz CT molecular complexity index is 710. The van der Waals surface area contributed by atoms with Crippen LogP contribution in [0.3, 0.4) is 0 Å². The van der Waals surface area contributed by atoms with Crippen LogP contribution >= 0.6 is 22.9 Å². The summed E-state index contributed by atoms with van der Waals surface area (Å²) in [5.41, 5.74) is -0.740. The highest BCUT2D eigenvalue weighted by Gasteiger charge is 2.35. The van der Waals surface area contributed by atoms with Crippen molar-refractivity contribution in [3.05, 3.63) is 56.5 Å². The maximum absolute atomic E-state index is 14.0. The van der Waals surface area contributed by atoms with Crippen LogP contribution in [0.2, 0.25) is 4.34 Å². The Morgan fingerprint density at radius 2 is 1.83 bits per heavy atom. The molecule has 1 aromatic carbocycles. The second-order valence-electron chi connectivity index (χ2n) is 5.57. The van der Waals surface area contributed by atoms with Gasteiger partial charge in [-0.3, -0.25) is 4.90 Å². The Morgan fingerprint density at radius 3 is 2.38 bits per heavy atom. The standard InChI is InChI=1S/C16H15ClF4N2S/c17-14-4-3-13(24-14)15(23-7-5-22-6-8-23)10-1-2-11(12(18)9-10)16(19,20)21/h1-4,9,15,22H,5-8H2/t15-/m0/s1. The van der Waals surface area contributed by atoms with Gasteiger partial charge in [0.1, 0.15) is 5.82 Å². The highest BCUT2D eigenvalue weighted by atomic mass is 35.5. The minimum Gasteiger partial charge on any atom is -0.314 e. The molecule has 0 aliphatic carbocycles. The highest BCUT2D eigenvalue weighted by Crippen LogP contribution is 2.38. The SMILES string of the molecule is Fc1cc([C@@H](c2ccc(Cl)s2)N2CCNCC2)ccc1C(F)(F)F. The summed E-state index contributed by atoms with van der Waals surface area (Å²) in [6, 6.07) is 6.44. The number of hydrogen-bond acceptors (Lipinski definition) is 3. The molecule has 2 aromatic rings. The Kier molecular flexibility index (Phi) is 5.15. The number of nitrogens with zero attached hydrogens (tertiary/aromatic N) is 1. The monoisotopic (exact) mass is 378 g/mol. The third-order valence-corrected chi connectivity index (χ3v) is 5.28. The largest absolute Gasteiger partial charge is 0.419 e. The number of alkyl halides is 3. The summed E-state index contributed by atoms with van der Waals surface area (Å²) in [6.07, 6.45) is -4.70. The van der Waals surface area contributed by atoms with Crippen LogP contribution in [0.4, 0.5) is 17.6 Å². The molecule has 2 nitrogen and oxygen atoms in total. The van der Waals surface area contributed by atoms with Crippen molar-refractivity contribution in [2.75, 3.05) is 26.2 Å². The zero-order valence-electron chi connectivity index (χ0n) is 12.5. The molecule has 8 heteroatoms. The van der Waals surface area contributed by atoms with Gasteiger partial charge in [0.2, 0.25) is 0 Å². The number of benzene rings is 1. The van der Waals surface area contributed by atoms with E-state index in [1.165, 1.54) is 17.4 Å². The number of piperazine rings is 1. The van der Waals surface area contributed by atoms with Crippen LogP contribution in [0.5, 0.6) is 0 Å². The lowest BCUT2D eigenvalue weighted by Crippen LogP contribution is -2.45. The third-order valence-electron chi connectivity index (χ3n) is 3.99. The quantitative estimate of drug-likeness (QED) is 0.788. The Labute approximate surface area is 146 Å². The number of halogens is 5. The summed E-state index contributed by atoms with van der Waals surface area (Å²) in [6.45, 7) is 3.00. The van der Waals surface area contributed by atoms with E-state index in [9.17, 15) is 17.6 Å². The van der Waals surface area contributed by atoms with Crippen LogP contribution in [0.25, 0.3) is 0 Å². The molecule has 2 heterocycles.